The zero-order chi connectivity index (χ0) is 22.4. The zero-order valence-electron chi connectivity index (χ0n) is 16.9. The van der Waals surface area contributed by atoms with E-state index < -0.39 is 11.9 Å². The van der Waals surface area contributed by atoms with Crippen LogP contribution in [0.1, 0.15) is 29.8 Å². The highest BCUT2D eigenvalue weighted by atomic mass is 79.9. The Morgan fingerprint density at radius 3 is 2.68 bits per heavy atom. The van der Waals surface area contributed by atoms with E-state index in [1.54, 1.807) is 29.4 Å². The van der Waals surface area contributed by atoms with Crippen LogP contribution >= 0.6 is 27.3 Å². The van der Waals surface area contributed by atoms with Gasteiger partial charge in [0.1, 0.15) is 22.2 Å². The molecule has 9 heteroatoms. The highest BCUT2D eigenvalue weighted by molar-refractivity contribution is 9.10. The molecule has 3 aromatic rings. The first kappa shape index (κ1) is 22.5. The van der Waals surface area contributed by atoms with E-state index in [0.717, 1.165) is 10.0 Å². The Labute approximate surface area is 192 Å². The van der Waals surface area contributed by atoms with Crippen LogP contribution in [-0.4, -0.2) is 28.3 Å². The molecule has 0 unspecified atom stereocenters. The van der Waals surface area contributed by atoms with Gasteiger partial charge in [-0.25, -0.2) is 4.79 Å². The fourth-order valence-corrected chi connectivity index (χ4v) is 4.03. The van der Waals surface area contributed by atoms with E-state index in [1.807, 2.05) is 37.3 Å². The quantitative estimate of drug-likeness (QED) is 0.277. The number of thiophene rings is 1. The van der Waals surface area contributed by atoms with E-state index in [-0.39, 0.29) is 17.7 Å². The lowest BCUT2D eigenvalue weighted by Gasteiger charge is -2.08. The number of carbonyl (C=O) groups excluding carboxylic acids is 2. The normalized spacial score (nSPS) is 11.1. The average Bonchev–Trinajstić information content (AvgIpc) is 3.39. The lowest BCUT2D eigenvalue weighted by atomic mass is 10.0. The molecule has 1 N–H and O–H groups in total. The summed E-state index contributed by atoms with van der Waals surface area (Å²) in [4.78, 5) is 25.4. The van der Waals surface area contributed by atoms with Gasteiger partial charge in [-0.1, -0.05) is 28.1 Å². The molecule has 1 amide bonds. The number of nitriles is 1. The maximum atomic E-state index is 12.8. The molecule has 3 rings (SSSR count). The Morgan fingerprint density at radius 1 is 1.32 bits per heavy atom. The molecular formula is C22H19BrN4O3S. The second-order valence-corrected chi connectivity index (χ2v) is 8.13. The number of anilines is 1. The highest BCUT2D eigenvalue weighted by Gasteiger charge is 2.23. The standard InChI is InChI=1S/C22H19BrN4O3S/c1-3-27-12-14(11-25-27)9-16(10-24)20(28)26-21-19(22(29)30-4-2)18(13-31-21)15-5-7-17(23)8-6-15/h5-9,11-13H,3-4H2,1-2H3,(H,26,28). The summed E-state index contributed by atoms with van der Waals surface area (Å²) in [5.74, 6) is -1.15. The largest absolute Gasteiger partial charge is 0.462 e. The number of carbonyl (C=O) groups is 2. The summed E-state index contributed by atoms with van der Waals surface area (Å²) in [5.41, 5.74) is 2.27. The summed E-state index contributed by atoms with van der Waals surface area (Å²) >= 11 is 4.60. The molecule has 1 aromatic carbocycles. The van der Waals surface area contributed by atoms with Gasteiger partial charge in [0.2, 0.25) is 0 Å². The van der Waals surface area contributed by atoms with Crippen molar-refractivity contribution < 1.29 is 14.3 Å². The van der Waals surface area contributed by atoms with Crippen LogP contribution in [0.3, 0.4) is 0 Å². The van der Waals surface area contributed by atoms with E-state index in [0.29, 0.717) is 22.7 Å². The molecule has 0 radical (unpaired) electrons. The molecule has 0 saturated carbocycles. The number of esters is 1. The molecule has 0 saturated heterocycles. The number of aryl methyl sites for hydroxylation is 1. The molecular weight excluding hydrogens is 480 g/mol. The van der Waals surface area contributed by atoms with Crippen molar-refractivity contribution in [3.63, 3.8) is 0 Å². The molecule has 158 valence electrons. The van der Waals surface area contributed by atoms with Crippen LogP contribution in [0.25, 0.3) is 17.2 Å². The number of nitrogens with one attached hydrogen (secondary N) is 1. The van der Waals surface area contributed by atoms with Crippen molar-refractivity contribution >= 4 is 50.2 Å². The second kappa shape index (κ2) is 10.2. The van der Waals surface area contributed by atoms with Gasteiger partial charge >= 0.3 is 5.97 Å². The molecule has 0 aliphatic carbocycles. The number of hydrogen-bond donors (Lipinski definition) is 1. The molecule has 0 spiro atoms. The summed E-state index contributed by atoms with van der Waals surface area (Å²) in [6, 6.07) is 9.38. The minimum atomic E-state index is -0.610. The van der Waals surface area contributed by atoms with E-state index in [1.165, 1.54) is 17.4 Å². The Kier molecular flexibility index (Phi) is 7.39. The van der Waals surface area contributed by atoms with Crippen LogP contribution in [0.15, 0.2) is 52.1 Å². The lowest BCUT2D eigenvalue weighted by Crippen LogP contribution is -2.16. The summed E-state index contributed by atoms with van der Waals surface area (Å²) in [7, 11) is 0. The Hall–Kier alpha value is -3.22. The maximum absolute atomic E-state index is 12.8. The van der Waals surface area contributed by atoms with Gasteiger partial charge in [-0.3, -0.25) is 9.48 Å². The predicted molar refractivity (Wildman–Crippen MR) is 124 cm³/mol. The molecule has 0 aliphatic heterocycles. The minimum absolute atomic E-state index is 0.0935. The number of nitrogens with zero attached hydrogens (tertiary/aromatic N) is 3. The van der Waals surface area contributed by atoms with E-state index in [2.05, 4.69) is 26.3 Å². The minimum Gasteiger partial charge on any atom is -0.462 e. The van der Waals surface area contributed by atoms with Crippen LogP contribution in [0, 0.1) is 11.3 Å². The molecule has 0 fully saturated rings. The number of benzene rings is 1. The SMILES string of the molecule is CCOC(=O)c1c(-c2ccc(Br)cc2)csc1NC(=O)C(C#N)=Cc1cnn(CC)c1. The van der Waals surface area contributed by atoms with Gasteiger partial charge in [0, 0.05) is 33.7 Å². The van der Waals surface area contributed by atoms with Crippen molar-refractivity contribution in [1.29, 1.82) is 5.26 Å². The molecule has 0 atom stereocenters. The van der Waals surface area contributed by atoms with Crippen LogP contribution in [0.4, 0.5) is 5.00 Å². The third-order valence-electron chi connectivity index (χ3n) is 4.31. The van der Waals surface area contributed by atoms with Gasteiger partial charge in [-0.15, -0.1) is 11.3 Å². The van der Waals surface area contributed by atoms with Gasteiger partial charge in [0.15, 0.2) is 0 Å². The average molecular weight is 499 g/mol. The third kappa shape index (κ3) is 5.29. The predicted octanol–water partition coefficient (Wildman–Crippen LogP) is 5.12. The van der Waals surface area contributed by atoms with Crippen molar-refractivity contribution in [3.05, 3.63) is 63.2 Å². The first-order valence-electron chi connectivity index (χ1n) is 9.47. The van der Waals surface area contributed by atoms with Gasteiger partial charge in [-0.2, -0.15) is 10.4 Å². The first-order valence-corrected chi connectivity index (χ1v) is 11.1. The molecule has 2 aromatic heterocycles. The zero-order valence-corrected chi connectivity index (χ0v) is 19.3. The van der Waals surface area contributed by atoms with Gasteiger partial charge in [0.05, 0.1) is 12.8 Å². The third-order valence-corrected chi connectivity index (χ3v) is 5.73. The molecule has 2 heterocycles. The van der Waals surface area contributed by atoms with Crippen LogP contribution < -0.4 is 5.32 Å². The fourth-order valence-electron chi connectivity index (χ4n) is 2.81. The van der Waals surface area contributed by atoms with Crippen LogP contribution in [-0.2, 0) is 16.1 Å². The first-order chi connectivity index (χ1) is 15.0. The number of rotatable bonds is 7. The number of aromatic nitrogens is 2. The van der Waals surface area contributed by atoms with Gasteiger partial charge in [-0.05, 0) is 37.6 Å². The Balaban J connectivity index is 1.94. The number of hydrogen-bond acceptors (Lipinski definition) is 6. The topological polar surface area (TPSA) is 97.0 Å². The maximum Gasteiger partial charge on any atom is 0.341 e. The fraction of sp³-hybridized carbons (Fsp3) is 0.182. The highest BCUT2D eigenvalue weighted by Crippen LogP contribution is 2.37. The number of halogens is 1. The van der Waals surface area contributed by atoms with Crippen molar-refractivity contribution in [3.8, 4) is 17.2 Å². The number of ether oxygens (including phenoxy) is 1. The van der Waals surface area contributed by atoms with Crippen molar-refractivity contribution in [2.24, 2.45) is 0 Å². The summed E-state index contributed by atoms with van der Waals surface area (Å²) in [6.45, 7) is 4.54. The summed E-state index contributed by atoms with van der Waals surface area (Å²) < 4.78 is 7.81. The van der Waals surface area contributed by atoms with Crippen molar-refractivity contribution in [2.75, 3.05) is 11.9 Å². The van der Waals surface area contributed by atoms with E-state index in [4.69, 9.17) is 4.74 Å². The molecule has 0 bridgehead atoms. The summed E-state index contributed by atoms with van der Waals surface area (Å²) in [6.07, 6.45) is 4.78. The number of amides is 1. The van der Waals surface area contributed by atoms with Crippen molar-refractivity contribution in [1.82, 2.24) is 9.78 Å². The van der Waals surface area contributed by atoms with Crippen molar-refractivity contribution in [2.45, 2.75) is 20.4 Å². The Bertz CT molecular complexity index is 1170. The monoisotopic (exact) mass is 498 g/mol. The van der Waals surface area contributed by atoms with E-state index >= 15 is 0 Å². The second-order valence-electron chi connectivity index (χ2n) is 6.33. The van der Waals surface area contributed by atoms with Crippen LogP contribution in [0.2, 0.25) is 0 Å². The smallest absolute Gasteiger partial charge is 0.341 e. The van der Waals surface area contributed by atoms with Gasteiger partial charge in [0.25, 0.3) is 5.91 Å². The molecule has 0 aliphatic rings. The van der Waals surface area contributed by atoms with Gasteiger partial charge < -0.3 is 10.1 Å². The van der Waals surface area contributed by atoms with E-state index in [9.17, 15) is 14.9 Å². The summed E-state index contributed by atoms with van der Waals surface area (Å²) in [5, 5.41) is 18.4. The lowest BCUT2D eigenvalue weighted by molar-refractivity contribution is -0.112. The molecule has 7 nitrogen and oxygen atoms in total. The van der Waals surface area contributed by atoms with Crippen LogP contribution in [0.5, 0.6) is 0 Å². The Morgan fingerprint density at radius 2 is 2.06 bits per heavy atom. The molecule has 31 heavy (non-hydrogen) atoms.